The fourth-order valence-electron chi connectivity index (χ4n) is 14.4. The molecule has 0 bridgehead atoms. The quantitative estimate of drug-likeness (QED) is 0.0447. The summed E-state index contributed by atoms with van der Waals surface area (Å²) in [5, 5.41) is 13.1. The fourth-order valence-corrected chi connectivity index (χ4v) is 14.4. The second-order valence-electron chi connectivity index (χ2n) is 38.1. The zero-order chi connectivity index (χ0) is 85.2. The molecule has 6 aliphatic rings. The SMILES string of the molecule is C#C.CC[C@@H]1C[C@]1(NC(=O)OC(C)(C)C)C(=O)OC(C)(C)C.CC[C@H]1C[C@]1(C)C(=O)OC(C)(C)C.CC[C@H]1C[C@]1(NC(=O)[C@@H]1C[C@@H](OCc2cccc3ccccc23)CN1C(=O)OC(C)(C)C)C(=O)OC(C)(C)C.CC[C@H]1C[C@]1(NC(=O)[C@@H]1C[C@@H](OCc2cccc3ccccc23)CN1C(=O)OC(C)(C)C)C(=O)OC(C)(C)C. The van der Waals surface area contributed by atoms with Crippen molar-refractivity contribution in [3.63, 3.8) is 0 Å². The number of carbonyl (C=O) groups excluding carboxylic acids is 9. The standard InChI is InChI=1S/2C31H42N2O6.C15H27NO4.C11H20O2.C2H2/c2*1-8-22-17-31(22,27(35)38-29(2,3)4)32-26(34)25-16-23(18-33(25)28(36)39-30(5,6)7)37-19-21-14-11-13-20-12-9-10-15-24(20)21;1-8-10-9-15(10,11(17)19-13(2,3)4)16-12(18)20-14(5,6)7;1-6-8-7-11(8,5)9(12)13-10(2,3)4;1-2/h2*9-15,22-23,25H,8,16-19H2,1-7H3,(H,32,34);10H,8-9H2,1-7H3,(H,16,18);8H,6-7H2,1-5H3;1-2H/t2*22-,23+,25-,31+;10-,15-;8-,11-;/m0010./s1. The Labute approximate surface area is 672 Å². The summed E-state index contributed by atoms with van der Waals surface area (Å²) in [6.07, 6.45) is 12.1. The third-order valence-corrected chi connectivity index (χ3v) is 20.4. The minimum atomic E-state index is -1.07. The van der Waals surface area contributed by atoms with Crippen molar-refractivity contribution in [3.05, 3.63) is 96.1 Å². The Morgan fingerprint density at radius 2 is 0.673 bits per heavy atom. The topological polar surface area (TPSA) is 279 Å². The van der Waals surface area contributed by atoms with Gasteiger partial charge in [-0.05, 0) is 234 Å². The fraction of sp³-hybridized carbons (Fsp3) is 0.656. The van der Waals surface area contributed by atoms with Gasteiger partial charge in [-0.2, -0.15) is 0 Å². The van der Waals surface area contributed by atoms with Crippen molar-refractivity contribution in [2.75, 3.05) is 13.1 Å². The van der Waals surface area contributed by atoms with Gasteiger partial charge in [0.15, 0.2) is 0 Å². The lowest BCUT2D eigenvalue weighted by Crippen LogP contribution is -2.54. The van der Waals surface area contributed by atoms with E-state index in [0.717, 1.165) is 64.8 Å². The van der Waals surface area contributed by atoms with Gasteiger partial charge in [-0.25, -0.2) is 28.8 Å². The van der Waals surface area contributed by atoms with Crippen molar-refractivity contribution in [1.29, 1.82) is 0 Å². The molecule has 4 aliphatic carbocycles. The molecule has 4 saturated carbocycles. The first-order valence-corrected chi connectivity index (χ1v) is 40.2. The number of carbonyl (C=O) groups is 9. The lowest BCUT2D eigenvalue weighted by atomic mass is 10.1. The summed E-state index contributed by atoms with van der Waals surface area (Å²) in [4.78, 5) is 119. The highest BCUT2D eigenvalue weighted by Gasteiger charge is 2.65. The van der Waals surface area contributed by atoms with Crippen molar-refractivity contribution in [2.45, 2.75) is 338 Å². The van der Waals surface area contributed by atoms with Crippen LogP contribution in [-0.4, -0.2) is 157 Å². The summed E-state index contributed by atoms with van der Waals surface area (Å²) in [6.45, 7) is 49.4. The maximum absolute atomic E-state index is 13.7. The maximum Gasteiger partial charge on any atom is 0.411 e. The highest BCUT2D eigenvalue weighted by atomic mass is 16.6. The molecule has 2 heterocycles. The smallest absolute Gasteiger partial charge is 0.411 e. The molecule has 626 valence electrons. The van der Waals surface area contributed by atoms with E-state index in [4.69, 9.17) is 42.6 Å². The third kappa shape index (κ3) is 26.3. The molecule has 12 atom stereocenters. The average Bonchev–Trinajstić information content (AvgIpc) is 1.41. The van der Waals surface area contributed by atoms with E-state index in [1.54, 1.807) is 62.3 Å². The number of nitrogens with zero attached hydrogens (tertiary/aromatic N) is 2. The van der Waals surface area contributed by atoms with Crippen LogP contribution in [0.3, 0.4) is 0 Å². The Balaban J connectivity index is 0.000000251. The number of likely N-dealkylation sites (tertiary alicyclic amines) is 2. The van der Waals surface area contributed by atoms with Crippen LogP contribution in [0.15, 0.2) is 84.9 Å². The largest absolute Gasteiger partial charge is 0.460 e. The second kappa shape index (κ2) is 36.5. The lowest BCUT2D eigenvalue weighted by Gasteiger charge is -2.30. The Hall–Kier alpha value is -8.49. The van der Waals surface area contributed by atoms with Crippen molar-refractivity contribution >= 4 is 75.5 Å². The van der Waals surface area contributed by atoms with Gasteiger partial charge >= 0.3 is 42.2 Å². The number of amides is 5. The number of terminal acetylenes is 1. The van der Waals surface area contributed by atoms with Crippen LogP contribution in [0.25, 0.3) is 21.5 Å². The molecule has 0 aromatic heterocycles. The van der Waals surface area contributed by atoms with Crippen molar-refractivity contribution in [3.8, 4) is 12.8 Å². The number of esters is 4. The first kappa shape index (κ1) is 93.4. The number of nitrogens with one attached hydrogen (secondary N) is 3. The highest BCUT2D eigenvalue weighted by molar-refractivity contribution is 5.96. The first-order chi connectivity index (χ1) is 52.1. The monoisotopic (exact) mass is 1570 g/mol. The van der Waals surface area contributed by atoms with Gasteiger partial charge in [0.05, 0.1) is 43.9 Å². The van der Waals surface area contributed by atoms with Gasteiger partial charge < -0.3 is 58.6 Å². The van der Waals surface area contributed by atoms with E-state index in [1.165, 1.54) is 9.80 Å². The molecule has 4 aromatic rings. The molecule has 2 aliphatic heterocycles. The summed E-state index contributed by atoms with van der Waals surface area (Å²) in [5.41, 5.74) is -5.44. The summed E-state index contributed by atoms with van der Waals surface area (Å²) in [7, 11) is 0. The molecule has 6 fully saturated rings. The summed E-state index contributed by atoms with van der Waals surface area (Å²) >= 11 is 0. The molecule has 3 N–H and O–H groups in total. The van der Waals surface area contributed by atoms with Crippen molar-refractivity contribution in [2.24, 2.45) is 29.1 Å². The number of fused-ring (bicyclic) bond motifs is 2. The van der Waals surface area contributed by atoms with E-state index in [9.17, 15) is 43.2 Å². The van der Waals surface area contributed by atoms with Crippen molar-refractivity contribution < 1.29 is 85.8 Å². The molecule has 113 heavy (non-hydrogen) atoms. The average molecular weight is 1570 g/mol. The molecule has 10 rings (SSSR count). The lowest BCUT2D eigenvalue weighted by molar-refractivity contribution is -0.162. The van der Waals surface area contributed by atoms with Gasteiger partial charge in [0.1, 0.15) is 67.9 Å². The number of alkyl carbamates (subject to hydrolysis) is 1. The van der Waals surface area contributed by atoms with Gasteiger partial charge in [0.25, 0.3) is 0 Å². The minimum Gasteiger partial charge on any atom is -0.460 e. The van der Waals surface area contributed by atoms with Crippen molar-refractivity contribution in [1.82, 2.24) is 25.8 Å². The van der Waals surface area contributed by atoms with Gasteiger partial charge in [0.2, 0.25) is 11.8 Å². The van der Waals surface area contributed by atoms with Gasteiger partial charge in [-0.1, -0.05) is 138 Å². The van der Waals surface area contributed by atoms with Crippen LogP contribution in [0.4, 0.5) is 14.4 Å². The number of hydrogen-bond acceptors (Lipinski definition) is 18. The van der Waals surface area contributed by atoms with E-state index in [2.05, 4.69) is 72.1 Å². The molecule has 0 unspecified atom stereocenters. The number of ether oxygens (including phenoxy) is 9. The third-order valence-electron chi connectivity index (χ3n) is 20.4. The van der Waals surface area contributed by atoms with Crippen LogP contribution in [0.5, 0.6) is 0 Å². The molecule has 23 heteroatoms. The number of rotatable bonds is 19. The Morgan fingerprint density at radius 1 is 0.381 bits per heavy atom. The molecule has 2 saturated heterocycles. The van der Waals surface area contributed by atoms with Crippen LogP contribution in [0, 0.1) is 41.9 Å². The molecule has 0 radical (unpaired) electrons. The summed E-state index contributed by atoms with van der Waals surface area (Å²) < 4.78 is 51.1. The molecule has 4 aromatic carbocycles. The van der Waals surface area contributed by atoms with E-state index < -0.39 is 92.5 Å². The molecule has 5 amide bonds. The second-order valence-corrected chi connectivity index (χ2v) is 38.1. The van der Waals surface area contributed by atoms with Gasteiger partial charge in [-0.3, -0.25) is 24.2 Å². The molecule has 0 spiro atoms. The van der Waals surface area contributed by atoms with Crippen LogP contribution in [0.1, 0.15) is 255 Å². The van der Waals surface area contributed by atoms with E-state index >= 15 is 0 Å². The van der Waals surface area contributed by atoms with Gasteiger partial charge in [0, 0.05) is 12.8 Å². The maximum atomic E-state index is 13.7. The first-order valence-electron chi connectivity index (χ1n) is 40.2. The summed E-state index contributed by atoms with van der Waals surface area (Å²) in [5.74, 6) is -1.39. The predicted molar refractivity (Wildman–Crippen MR) is 437 cm³/mol. The van der Waals surface area contributed by atoms with E-state index in [0.29, 0.717) is 51.2 Å². The zero-order valence-electron chi connectivity index (χ0n) is 72.5. The van der Waals surface area contributed by atoms with E-state index in [1.807, 2.05) is 159 Å². The molecule has 23 nitrogen and oxygen atoms in total. The highest BCUT2D eigenvalue weighted by Crippen LogP contribution is 2.55. The van der Waals surface area contributed by atoms with Crippen LogP contribution < -0.4 is 16.0 Å². The van der Waals surface area contributed by atoms with Crippen LogP contribution in [-0.2, 0) is 84.6 Å². The van der Waals surface area contributed by atoms with Crippen LogP contribution >= 0.6 is 0 Å². The normalized spacial score (nSPS) is 25.6. The minimum absolute atomic E-state index is 0.00825. The Bertz CT molecular complexity index is 3830. The predicted octanol–water partition coefficient (Wildman–Crippen LogP) is 16.8. The number of benzene rings is 4. The molecular formula is C90H133N5O18. The Kier molecular flexibility index (Phi) is 30.2. The number of hydrogen-bond donors (Lipinski definition) is 3. The molecular weight excluding hydrogens is 1440 g/mol. The zero-order valence-corrected chi connectivity index (χ0v) is 72.5. The van der Waals surface area contributed by atoms with E-state index in [-0.39, 0.29) is 77.8 Å². The van der Waals surface area contributed by atoms with Crippen LogP contribution in [0.2, 0.25) is 0 Å². The summed E-state index contributed by atoms with van der Waals surface area (Å²) in [6, 6.07) is 26.7. The van der Waals surface area contributed by atoms with Gasteiger partial charge in [-0.15, -0.1) is 12.8 Å². The Morgan fingerprint density at radius 3 is 0.965 bits per heavy atom.